The van der Waals surface area contributed by atoms with Crippen molar-refractivity contribution in [3.05, 3.63) is 0 Å². The predicted octanol–water partition coefficient (Wildman–Crippen LogP) is 1.64. The van der Waals surface area contributed by atoms with Crippen LogP contribution in [0.15, 0.2) is 0 Å². The van der Waals surface area contributed by atoms with Crippen molar-refractivity contribution >= 4 is 42.4 Å². The molecular formula is C5H8OS3. The van der Waals surface area contributed by atoms with Gasteiger partial charge in [0.05, 0.1) is 4.58 Å². The first kappa shape index (κ1) is 7.82. The molecule has 0 radical (unpaired) electrons. The number of hydrogen-bond donors (Lipinski definition) is 1. The standard InChI is InChI=1S/C5H8OS3/c1-5(3-6)8-2-4(7)9-5/h3-4,7H,2H2,1H3. The van der Waals surface area contributed by atoms with Gasteiger partial charge in [0, 0.05) is 5.75 Å². The fourth-order valence-corrected chi connectivity index (χ4v) is 4.17. The second-order valence-electron chi connectivity index (χ2n) is 2.02. The Bertz CT molecular complexity index is 127. The smallest absolute Gasteiger partial charge is 0.145 e. The molecule has 2 unspecified atom stereocenters. The van der Waals surface area contributed by atoms with Crippen LogP contribution in [0.3, 0.4) is 0 Å². The van der Waals surface area contributed by atoms with E-state index in [1.54, 1.807) is 23.5 Å². The maximum atomic E-state index is 10.4. The summed E-state index contributed by atoms with van der Waals surface area (Å²) >= 11 is 7.54. The molecule has 0 aromatic rings. The van der Waals surface area contributed by atoms with Gasteiger partial charge in [-0.2, -0.15) is 12.6 Å². The lowest BCUT2D eigenvalue weighted by Gasteiger charge is -2.11. The molecule has 1 aliphatic heterocycles. The Kier molecular flexibility index (Phi) is 2.40. The lowest BCUT2D eigenvalue weighted by molar-refractivity contribution is -0.107. The van der Waals surface area contributed by atoms with Gasteiger partial charge in [-0.3, -0.25) is 0 Å². The molecule has 0 bridgehead atoms. The minimum atomic E-state index is -0.216. The first-order valence-electron chi connectivity index (χ1n) is 2.62. The van der Waals surface area contributed by atoms with Gasteiger partial charge < -0.3 is 4.79 Å². The Morgan fingerprint density at radius 1 is 1.89 bits per heavy atom. The molecule has 4 heteroatoms. The van der Waals surface area contributed by atoms with Crippen LogP contribution in [-0.4, -0.2) is 20.7 Å². The first-order valence-corrected chi connectivity index (χ1v) is 5.01. The predicted molar refractivity (Wildman–Crippen MR) is 47.3 cm³/mol. The van der Waals surface area contributed by atoms with Crippen LogP contribution in [0.1, 0.15) is 6.92 Å². The third-order valence-electron chi connectivity index (χ3n) is 1.10. The Balaban J connectivity index is 2.54. The Morgan fingerprint density at radius 2 is 2.56 bits per heavy atom. The average molecular weight is 180 g/mol. The van der Waals surface area contributed by atoms with Crippen LogP contribution < -0.4 is 0 Å². The van der Waals surface area contributed by atoms with Gasteiger partial charge in [-0.05, 0) is 6.92 Å². The van der Waals surface area contributed by atoms with Crippen molar-refractivity contribution in [3.8, 4) is 0 Å². The number of thiol groups is 1. The largest absolute Gasteiger partial charge is 0.301 e. The fourth-order valence-electron chi connectivity index (χ4n) is 0.637. The van der Waals surface area contributed by atoms with Gasteiger partial charge in [0.25, 0.3) is 0 Å². The van der Waals surface area contributed by atoms with E-state index in [0.717, 1.165) is 12.0 Å². The molecule has 0 aromatic heterocycles. The number of aldehydes is 1. The number of thioether (sulfide) groups is 2. The van der Waals surface area contributed by atoms with Gasteiger partial charge in [-0.25, -0.2) is 0 Å². The highest BCUT2D eigenvalue weighted by Crippen LogP contribution is 2.47. The molecule has 0 amide bonds. The summed E-state index contributed by atoms with van der Waals surface area (Å²) in [6.45, 7) is 1.94. The maximum Gasteiger partial charge on any atom is 0.145 e. The topological polar surface area (TPSA) is 17.1 Å². The summed E-state index contributed by atoms with van der Waals surface area (Å²) in [6.07, 6.45) is 0.999. The van der Waals surface area contributed by atoms with Gasteiger partial charge in [0.15, 0.2) is 0 Å². The number of carbonyl (C=O) groups is 1. The molecule has 0 spiro atoms. The molecule has 2 atom stereocenters. The highest BCUT2D eigenvalue weighted by Gasteiger charge is 2.34. The minimum Gasteiger partial charge on any atom is -0.301 e. The Labute approximate surface area is 68.8 Å². The van der Waals surface area contributed by atoms with Crippen molar-refractivity contribution in [1.29, 1.82) is 0 Å². The molecule has 1 aliphatic rings. The summed E-state index contributed by atoms with van der Waals surface area (Å²) in [7, 11) is 0. The third kappa shape index (κ3) is 1.82. The number of rotatable bonds is 1. The second kappa shape index (κ2) is 2.76. The molecule has 0 aromatic carbocycles. The minimum absolute atomic E-state index is 0.216. The van der Waals surface area contributed by atoms with Gasteiger partial charge in [0.2, 0.25) is 0 Å². The lowest BCUT2D eigenvalue weighted by atomic mass is 10.5. The highest BCUT2D eigenvalue weighted by atomic mass is 32.2. The van der Waals surface area contributed by atoms with Crippen LogP contribution >= 0.6 is 36.2 Å². The van der Waals surface area contributed by atoms with E-state index in [2.05, 4.69) is 12.6 Å². The van der Waals surface area contributed by atoms with Crippen LogP contribution in [0.25, 0.3) is 0 Å². The van der Waals surface area contributed by atoms with E-state index in [1.807, 2.05) is 6.92 Å². The van der Waals surface area contributed by atoms with Crippen molar-refractivity contribution in [2.24, 2.45) is 0 Å². The molecule has 1 nitrogen and oxygen atoms in total. The molecular weight excluding hydrogens is 172 g/mol. The van der Waals surface area contributed by atoms with Crippen molar-refractivity contribution in [3.63, 3.8) is 0 Å². The summed E-state index contributed by atoms with van der Waals surface area (Å²) in [5.74, 6) is 0.975. The van der Waals surface area contributed by atoms with Crippen molar-refractivity contribution in [2.45, 2.75) is 15.6 Å². The average Bonchev–Trinajstić information content (AvgIpc) is 2.13. The van der Waals surface area contributed by atoms with Crippen molar-refractivity contribution in [2.75, 3.05) is 5.75 Å². The van der Waals surface area contributed by atoms with Crippen LogP contribution in [0.5, 0.6) is 0 Å². The fraction of sp³-hybridized carbons (Fsp3) is 0.800. The van der Waals surface area contributed by atoms with E-state index in [-0.39, 0.29) is 4.08 Å². The zero-order valence-corrected chi connectivity index (χ0v) is 7.56. The van der Waals surface area contributed by atoms with Crippen molar-refractivity contribution < 1.29 is 4.79 Å². The molecule has 1 rings (SSSR count). The summed E-state index contributed by atoms with van der Waals surface area (Å²) in [5, 5.41) is 0. The zero-order chi connectivity index (χ0) is 6.91. The van der Waals surface area contributed by atoms with Gasteiger partial charge in [-0.1, -0.05) is 0 Å². The number of hydrogen-bond acceptors (Lipinski definition) is 4. The van der Waals surface area contributed by atoms with E-state index >= 15 is 0 Å². The molecule has 1 saturated heterocycles. The van der Waals surface area contributed by atoms with E-state index in [4.69, 9.17) is 0 Å². The molecule has 52 valence electrons. The van der Waals surface area contributed by atoms with E-state index in [1.165, 1.54) is 0 Å². The van der Waals surface area contributed by atoms with Gasteiger partial charge >= 0.3 is 0 Å². The van der Waals surface area contributed by atoms with E-state index in [0.29, 0.717) is 4.58 Å². The molecule has 9 heavy (non-hydrogen) atoms. The lowest BCUT2D eigenvalue weighted by Crippen LogP contribution is -2.12. The van der Waals surface area contributed by atoms with Crippen LogP contribution in [0, 0.1) is 0 Å². The van der Waals surface area contributed by atoms with Crippen LogP contribution in [-0.2, 0) is 4.79 Å². The van der Waals surface area contributed by atoms with E-state index in [9.17, 15) is 4.79 Å². The van der Waals surface area contributed by atoms with Crippen LogP contribution in [0.2, 0.25) is 0 Å². The third-order valence-corrected chi connectivity index (χ3v) is 4.87. The van der Waals surface area contributed by atoms with E-state index < -0.39 is 0 Å². The van der Waals surface area contributed by atoms with Crippen molar-refractivity contribution in [1.82, 2.24) is 0 Å². The molecule has 0 aliphatic carbocycles. The first-order chi connectivity index (χ1) is 4.16. The second-order valence-corrected chi connectivity index (χ2v) is 6.37. The quantitative estimate of drug-likeness (QED) is 0.488. The zero-order valence-electron chi connectivity index (χ0n) is 5.03. The molecule has 0 saturated carbocycles. The molecule has 1 fully saturated rings. The highest BCUT2D eigenvalue weighted by molar-refractivity contribution is 8.26. The monoisotopic (exact) mass is 180 g/mol. The summed E-state index contributed by atoms with van der Waals surface area (Å²) in [4.78, 5) is 10.4. The summed E-state index contributed by atoms with van der Waals surface area (Å²) < 4.78 is 0.122. The van der Waals surface area contributed by atoms with Crippen LogP contribution in [0.4, 0.5) is 0 Å². The Morgan fingerprint density at radius 3 is 2.78 bits per heavy atom. The normalized spacial score (nSPS) is 43.1. The van der Waals surface area contributed by atoms with Gasteiger partial charge in [0.1, 0.15) is 10.4 Å². The summed E-state index contributed by atoms with van der Waals surface area (Å²) in [5.41, 5.74) is 0. The molecule has 0 N–H and O–H groups in total. The molecule has 1 heterocycles. The maximum absolute atomic E-state index is 10.4. The number of carbonyl (C=O) groups excluding carboxylic acids is 1. The van der Waals surface area contributed by atoms with Gasteiger partial charge in [-0.15, -0.1) is 23.5 Å². The Hall–Kier alpha value is 0.720. The SMILES string of the molecule is CC1(C=O)SCC(S)S1. The summed E-state index contributed by atoms with van der Waals surface area (Å²) in [6, 6.07) is 0.